The summed E-state index contributed by atoms with van der Waals surface area (Å²) in [5, 5.41) is 13.6. The molecule has 2 aromatic heterocycles. The van der Waals surface area contributed by atoms with Crippen LogP contribution in [-0.2, 0) is 0 Å². The van der Waals surface area contributed by atoms with Crippen molar-refractivity contribution in [2.45, 2.75) is 20.8 Å². The Bertz CT molecular complexity index is 661. The van der Waals surface area contributed by atoms with E-state index in [2.05, 4.69) is 21.1 Å². The maximum Gasteiger partial charge on any atom is 0.253 e. The van der Waals surface area contributed by atoms with Crippen LogP contribution in [0.5, 0.6) is 0 Å². The van der Waals surface area contributed by atoms with Crippen LogP contribution >= 0.6 is 0 Å². The van der Waals surface area contributed by atoms with Crippen LogP contribution in [0.25, 0.3) is 5.95 Å². The first-order valence-electron chi connectivity index (χ1n) is 6.30. The van der Waals surface area contributed by atoms with Crippen molar-refractivity contribution >= 4 is 11.6 Å². The molecule has 104 valence electrons. The van der Waals surface area contributed by atoms with E-state index in [9.17, 15) is 5.26 Å². The molecule has 0 radical (unpaired) electrons. The van der Waals surface area contributed by atoms with Gasteiger partial charge in [-0.15, -0.1) is 5.10 Å². The number of anilines is 2. The molecule has 7 nitrogen and oxygen atoms in total. The van der Waals surface area contributed by atoms with Gasteiger partial charge in [0.1, 0.15) is 11.6 Å². The Labute approximate surface area is 117 Å². The van der Waals surface area contributed by atoms with Gasteiger partial charge in [0, 0.05) is 25.0 Å². The van der Waals surface area contributed by atoms with Crippen LogP contribution in [0.4, 0.5) is 11.6 Å². The van der Waals surface area contributed by atoms with E-state index in [4.69, 9.17) is 5.73 Å². The number of hydrogen-bond donors (Lipinski definition) is 1. The molecule has 0 aliphatic carbocycles. The van der Waals surface area contributed by atoms with Gasteiger partial charge in [0.15, 0.2) is 11.6 Å². The van der Waals surface area contributed by atoms with Crippen molar-refractivity contribution in [2.75, 3.05) is 24.2 Å². The number of nitriles is 1. The Morgan fingerprint density at radius 3 is 2.45 bits per heavy atom. The van der Waals surface area contributed by atoms with Gasteiger partial charge in [0.25, 0.3) is 5.95 Å². The van der Waals surface area contributed by atoms with Gasteiger partial charge in [0.05, 0.1) is 0 Å². The van der Waals surface area contributed by atoms with Crippen LogP contribution in [0.3, 0.4) is 0 Å². The summed E-state index contributed by atoms with van der Waals surface area (Å²) in [5.41, 5.74) is 8.01. The number of hydrogen-bond acceptors (Lipinski definition) is 6. The summed E-state index contributed by atoms with van der Waals surface area (Å²) in [4.78, 5) is 10.5. The fourth-order valence-electron chi connectivity index (χ4n) is 1.90. The molecule has 2 heterocycles. The normalized spacial score (nSPS) is 10.3. The van der Waals surface area contributed by atoms with Crippen LogP contribution in [0.2, 0.25) is 0 Å². The lowest BCUT2D eigenvalue weighted by molar-refractivity contribution is 0.789. The third-order valence-corrected chi connectivity index (χ3v) is 3.01. The molecule has 20 heavy (non-hydrogen) atoms. The monoisotopic (exact) mass is 271 g/mol. The lowest BCUT2D eigenvalue weighted by Crippen LogP contribution is -2.17. The molecule has 0 aromatic carbocycles. The summed E-state index contributed by atoms with van der Waals surface area (Å²) in [7, 11) is 1.86. The van der Waals surface area contributed by atoms with Gasteiger partial charge < -0.3 is 10.6 Å². The Morgan fingerprint density at radius 1 is 1.35 bits per heavy atom. The van der Waals surface area contributed by atoms with Gasteiger partial charge >= 0.3 is 0 Å². The number of aryl methyl sites for hydroxylation is 2. The highest BCUT2D eigenvalue weighted by Gasteiger charge is 2.20. The van der Waals surface area contributed by atoms with Crippen LogP contribution in [-0.4, -0.2) is 33.3 Å². The second-order valence-electron chi connectivity index (χ2n) is 4.57. The molecule has 0 aliphatic rings. The second kappa shape index (κ2) is 5.17. The number of rotatable bonds is 3. The third-order valence-electron chi connectivity index (χ3n) is 3.01. The van der Waals surface area contributed by atoms with Crippen molar-refractivity contribution in [1.29, 1.82) is 5.26 Å². The molecule has 0 bridgehead atoms. The molecule has 0 unspecified atom stereocenters. The molecule has 2 rings (SSSR count). The molecule has 0 saturated heterocycles. The molecule has 0 saturated carbocycles. The van der Waals surface area contributed by atoms with Crippen LogP contribution in [0.15, 0.2) is 6.07 Å². The fraction of sp³-hybridized carbons (Fsp3) is 0.385. The molecule has 2 aromatic rings. The molecule has 0 fully saturated rings. The minimum Gasteiger partial charge on any atom is -0.382 e. The highest BCUT2D eigenvalue weighted by atomic mass is 15.4. The Morgan fingerprint density at radius 2 is 1.95 bits per heavy atom. The standard InChI is InChI=1S/C13H17N7/c1-5-19(4)12-10(7-14)11(15)20(18-12)13-16-8(2)6-9(3)17-13/h6H,5,15H2,1-4H3. The van der Waals surface area contributed by atoms with Crippen LogP contribution in [0, 0.1) is 25.2 Å². The van der Waals surface area contributed by atoms with Gasteiger partial charge in [-0.3, -0.25) is 0 Å². The highest BCUT2D eigenvalue weighted by Crippen LogP contribution is 2.25. The molecule has 7 heteroatoms. The maximum atomic E-state index is 9.26. The molecular formula is C13H17N7. The third kappa shape index (κ3) is 2.28. The minimum absolute atomic E-state index is 0.257. The number of nitrogen functional groups attached to an aromatic ring is 1. The van der Waals surface area contributed by atoms with Gasteiger partial charge in [-0.2, -0.15) is 9.94 Å². The van der Waals surface area contributed by atoms with E-state index >= 15 is 0 Å². The number of aromatic nitrogens is 4. The topological polar surface area (TPSA) is 96.7 Å². The van der Waals surface area contributed by atoms with Crippen molar-refractivity contribution in [1.82, 2.24) is 19.7 Å². The fourth-order valence-corrected chi connectivity index (χ4v) is 1.90. The average Bonchev–Trinajstić information content (AvgIpc) is 2.73. The van der Waals surface area contributed by atoms with Crippen molar-refractivity contribution in [3.05, 3.63) is 23.0 Å². The summed E-state index contributed by atoms with van der Waals surface area (Å²) >= 11 is 0. The van der Waals surface area contributed by atoms with Crippen LogP contribution in [0.1, 0.15) is 23.9 Å². The maximum absolute atomic E-state index is 9.26. The Balaban J connectivity index is 2.64. The van der Waals surface area contributed by atoms with Crippen molar-refractivity contribution in [3.63, 3.8) is 0 Å². The van der Waals surface area contributed by atoms with Crippen molar-refractivity contribution in [2.24, 2.45) is 0 Å². The molecule has 2 N–H and O–H groups in total. The molecule has 0 aliphatic heterocycles. The van der Waals surface area contributed by atoms with E-state index in [0.29, 0.717) is 17.3 Å². The Hall–Kier alpha value is -2.62. The molecule has 0 atom stereocenters. The minimum atomic E-state index is 0.257. The van der Waals surface area contributed by atoms with Crippen LogP contribution < -0.4 is 10.6 Å². The van der Waals surface area contributed by atoms with Gasteiger partial charge in [0.2, 0.25) is 0 Å². The van der Waals surface area contributed by atoms with Gasteiger partial charge in [-0.1, -0.05) is 0 Å². The largest absolute Gasteiger partial charge is 0.382 e. The SMILES string of the molecule is CCN(C)c1nn(-c2nc(C)cc(C)n2)c(N)c1C#N. The molecular weight excluding hydrogens is 254 g/mol. The average molecular weight is 271 g/mol. The first-order valence-corrected chi connectivity index (χ1v) is 6.30. The van der Waals surface area contributed by atoms with Gasteiger partial charge in [-0.05, 0) is 26.8 Å². The zero-order valence-electron chi connectivity index (χ0n) is 12.0. The van der Waals surface area contributed by atoms with Crippen molar-refractivity contribution < 1.29 is 0 Å². The highest BCUT2D eigenvalue weighted by molar-refractivity contribution is 5.66. The van der Waals surface area contributed by atoms with E-state index < -0.39 is 0 Å². The van der Waals surface area contributed by atoms with E-state index in [1.54, 1.807) is 0 Å². The smallest absolute Gasteiger partial charge is 0.253 e. The first-order chi connectivity index (χ1) is 9.47. The summed E-state index contributed by atoms with van der Waals surface area (Å²) in [6, 6.07) is 3.96. The number of nitrogens with two attached hydrogens (primary N) is 1. The quantitative estimate of drug-likeness (QED) is 0.900. The lowest BCUT2D eigenvalue weighted by Gasteiger charge is -2.12. The molecule has 0 amide bonds. The number of nitrogens with zero attached hydrogens (tertiary/aromatic N) is 6. The first kappa shape index (κ1) is 13.8. The summed E-state index contributed by atoms with van der Waals surface area (Å²) in [6.07, 6.45) is 0. The van der Waals surface area contributed by atoms with Crippen molar-refractivity contribution in [3.8, 4) is 12.0 Å². The van der Waals surface area contributed by atoms with E-state index in [0.717, 1.165) is 17.9 Å². The predicted molar refractivity (Wildman–Crippen MR) is 76.7 cm³/mol. The second-order valence-corrected chi connectivity index (χ2v) is 4.57. The zero-order chi connectivity index (χ0) is 14.9. The Kier molecular flexibility index (Phi) is 3.57. The lowest BCUT2D eigenvalue weighted by atomic mass is 10.3. The zero-order valence-corrected chi connectivity index (χ0v) is 12.0. The van der Waals surface area contributed by atoms with Gasteiger partial charge in [-0.25, -0.2) is 9.97 Å². The predicted octanol–water partition coefficient (Wildman–Crippen LogP) is 1.19. The molecule has 0 spiro atoms. The summed E-state index contributed by atoms with van der Waals surface area (Å²) in [5.74, 6) is 1.18. The summed E-state index contributed by atoms with van der Waals surface area (Å²) < 4.78 is 1.42. The van der Waals surface area contributed by atoms with E-state index in [1.165, 1.54) is 4.68 Å². The summed E-state index contributed by atoms with van der Waals surface area (Å²) in [6.45, 7) is 6.45. The van der Waals surface area contributed by atoms with E-state index in [1.807, 2.05) is 38.8 Å². The van der Waals surface area contributed by atoms with E-state index in [-0.39, 0.29) is 5.82 Å².